The summed E-state index contributed by atoms with van der Waals surface area (Å²) >= 11 is 0. The zero-order chi connectivity index (χ0) is 10.1. The van der Waals surface area contributed by atoms with Crippen molar-refractivity contribution in [3.8, 4) is 5.75 Å². The summed E-state index contributed by atoms with van der Waals surface area (Å²) in [5.74, 6) is -1.31. The van der Waals surface area contributed by atoms with Crippen LogP contribution < -0.4 is 0 Å². The molecule has 0 saturated carbocycles. The topological polar surface area (TPSA) is 57.5 Å². The number of fused-ring (bicyclic) bond motifs is 1. The number of hydrogen-bond acceptors (Lipinski definition) is 2. The van der Waals surface area contributed by atoms with Gasteiger partial charge in [0.15, 0.2) is 0 Å². The summed E-state index contributed by atoms with van der Waals surface area (Å²) in [6, 6.07) is 10.1. The molecule has 0 amide bonds. The van der Waals surface area contributed by atoms with Crippen LogP contribution in [0.2, 0.25) is 0 Å². The van der Waals surface area contributed by atoms with E-state index in [9.17, 15) is 9.90 Å². The van der Waals surface area contributed by atoms with E-state index in [0.29, 0.717) is 5.39 Å². The van der Waals surface area contributed by atoms with Gasteiger partial charge in [0.2, 0.25) is 0 Å². The third kappa shape index (κ3) is 2.15. The van der Waals surface area contributed by atoms with Gasteiger partial charge >= 0.3 is 5.97 Å². The number of rotatable bonds is 1. The maximum Gasteiger partial charge on any atom is 0.340 e. The van der Waals surface area contributed by atoms with Crippen LogP contribution in [0.1, 0.15) is 10.4 Å². The zero-order valence-electron chi connectivity index (χ0n) is 8.27. The number of benzene rings is 2. The van der Waals surface area contributed by atoms with Gasteiger partial charge in [0.25, 0.3) is 0 Å². The van der Waals surface area contributed by atoms with Crippen molar-refractivity contribution in [2.24, 2.45) is 0 Å². The van der Waals surface area contributed by atoms with E-state index in [1.54, 1.807) is 24.3 Å². The van der Waals surface area contributed by atoms with Gasteiger partial charge in [-0.15, -0.1) is 0 Å². The largest absolute Gasteiger partial charge is 0.507 e. The van der Waals surface area contributed by atoms with Gasteiger partial charge in [-0.3, -0.25) is 0 Å². The van der Waals surface area contributed by atoms with E-state index >= 15 is 0 Å². The predicted molar refractivity (Wildman–Crippen MR) is 58.3 cm³/mol. The van der Waals surface area contributed by atoms with E-state index in [2.05, 4.69) is 0 Å². The quantitative estimate of drug-likeness (QED) is 0.708. The second kappa shape index (κ2) is 4.66. The van der Waals surface area contributed by atoms with Gasteiger partial charge in [-0.05, 0) is 16.8 Å². The first-order valence-corrected chi connectivity index (χ1v) is 4.14. The van der Waals surface area contributed by atoms with E-state index in [1.807, 2.05) is 6.07 Å². The fourth-order valence-corrected chi connectivity index (χ4v) is 1.48. The standard InChI is InChI=1S/C11H8O3.Na/c12-9-6-5-7-3-1-2-4-8(7)10(9)11(13)14;/h1-6,12H,(H,13,14);. The summed E-state index contributed by atoms with van der Waals surface area (Å²) in [5, 5.41) is 19.7. The van der Waals surface area contributed by atoms with E-state index in [0.717, 1.165) is 5.39 Å². The number of carbonyl (C=O) groups is 1. The van der Waals surface area contributed by atoms with Crippen molar-refractivity contribution in [1.82, 2.24) is 0 Å². The minimum Gasteiger partial charge on any atom is -0.507 e. The van der Waals surface area contributed by atoms with Crippen molar-refractivity contribution in [3.63, 3.8) is 0 Å². The molecule has 2 aromatic carbocycles. The second-order valence-electron chi connectivity index (χ2n) is 2.99. The molecule has 2 aromatic rings. The van der Waals surface area contributed by atoms with Gasteiger partial charge in [0, 0.05) is 29.6 Å². The Morgan fingerprint density at radius 1 is 1.07 bits per heavy atom. The molecule has 0 saturated heterocycles. The van der Waals surface area contributed by atoms with Gasteiger partial charge in [-0.1, -0.05) is 30.3 Å². The molecule has 0 fully saturated rings. The van der Waals surface area contributed by atoms with Crippen LogP contribution in [0, 0.1) is 0 Å². The van der Waals surface area contributed by atoms with Crippen LogP contribution in [0.15, 0.2) is 36.4 Å². The predicted octanol–water partition coefficient (Wildman–Crippen LogP) is 1.86. The number of carboxylic acid groups (broad SMARTS) is 1. The molecule has 71 valence electrons. The fraction of sp³-hybridized carbons (Fsp3) is 0. The molecule has 0 unspecified atom stereocenters. The minimum absolute atomic E-state index is 0. The summed E-state index contributed by atoms with van der Waals surface area (Å²) < 4.78 is 0. The molecule has 2 N–H and O–H groups in total. The molecule has 2 rings (SSSR count). The summed E-state index contributed by atoms with van der Waals surface area (Å²) in [7, 11) is 0. The monoisotopic (exact) mass is 211 g/mol. The fourth-order valence-electron chi connectivity index (χ4n) is 1.48. The van der Waals surface area contributed by atoms with Crippen LogP contribution in [0.25, 0.3) is 10.8 Å². The first kappa shape index (κ1) is 12.0. The molecule has 0 aliphatic rings. The Balaban J connectivity index is 0.00000112. The van der Waals surface area contributed by atoms with Gasteiger partial charge in [0.05, 0.1) is 0 Å². The van der Waals surface area contributed by atoms with E-state index in [-0.39, 0.29) is 40.9 Å². The second-order valence-corrected chi connectivity index (χ2v) is 2.99. The maximum absolute atomic E-state index is 10.9. The van der Waals surface area contributed by atoms with E-state index in [4.69, 9.17) is 5.11 Å². The van der Waals surface area contributed by atoms with Gasteiger partial charge in [-0.25, -0.2) is 4.79 Å². The van der Waals surface area contributed by atoms with Crippen LogP contribution in [0.4, 0.5) is 0 Å². The number of hydrogen-bond donors (Lipinski definition) is 2. The first-order chi connectivity index (χ1) is 6.70. The summed E-state index contributed by atoms with van der Waals surface area (Å²) in [5.41, 5.74) is -0.0388. The molecule has 0 aliphatic carbocycles. The van der Waals surface area contributed by atoms with Crippen molar-refractivity contribution in [3.05, 3.63) is 42.0 Å². The SMILES string of the molecule is O=C(O)c1c(O)ccc2ccccc12.[Na]. The molecule has 0 heterocycles. The Hall–Kier alpha value is -1.03. The molecular formula is C11H8NaO3. The van der Waals surface area contributed by atoms with Crippen molar-refractivity contribution in [1.29, 1.82) is 0 Å². The zero-order valence-corrected chi connectivity index (χ0v) is 10.3. The Morgan fingerprint density at radius 2 is 1.73 bits per heavy atom. The van der Waals surface area contributed by atoms with Crippen LogP contribution in [-0.4, -0.2) is 45.7 Å². The van der Waals surface area contributed by atoms with Crippen molar-refractivity contribution in [2.45, 2.75) is 0 Å². The van der Waals surface area contributed by atoms with Crippen molar-refractivity contribution in [2.75, 3.05) is 0 Å². The Kier molecular flexibility index (Phi) is 3.74. The van der Waals surface area contributed by atoms with E-state index in [1.165, 1.54) is 6.07 Å². The molecule has 4 heteroatoms. The number of aromatic hydroxyl groups is 1. The maximum atomic E-state index is 10.9. The molecular weight excluding hydrogens is 203 g/mol. The summed E-state index contributed by atoms with van der Waals surface area (Å²) in [6.07, 6.45) is 0. The Morgan fingerprint density at radius 3 is 2.40 bits per heavy atom. The molecule has 0 spiro atoms. The van der Waals surface area contributed by atoms with Crippen LogP contribution in [-0.2, 0) is 0 Å². The number of carboxylic acids is 1. The number of phenols is 1. The van der Waals surface area contributed by atoms with Crippen molar-refractivity contribution < 1.29 is 15.0 Å². The van der Waals surface area contributed by atoms with Crippen LogP contribution in [0.5, 0.6) is 5.75 Å². The first-order valence-electron chi connectivity index (χ1n) is 4.14. The van der Waals surface area contributed by atoms with Gasteiger partial charge in [0.1, 0.15) is 11.3 Å². The Bertz CT molecular complexity index is 508. The molecule has 3 nitrogen and oxygen atoms in total. The Labute approximate surface area is 109 Å². The number of aromatic carboxylic acids is 1. The van der Waals surface area contributed by atoms with Gasteiger partial charge < -0.3 is 10.2 Å². The molecule has 0 atom stereocenters. The van der Waals surface area contributed by atoms with Crippen LogP contribution >= 0.6 is 0 Å². The molecule has 0 bridgehead atoms. The van der Waals surface area contributed by atoms with Crippen molar-refractivity contribution >= 4 is 46.3 Å². The van der Waals surface area contributed by atoms with Crippen LogP contribution in [0.3, 0.4) is 0 Å². The third-order valence-electron chi connectivity index (χ3n) is 2.12. The normalized spacial score (nSPS) is 9.60. The van der Waals surface area contributed by atoms with Gasteiger partial charge in [-0.2, -0.15) is 0 Å². The molecule has 0 aromatic heterocycles. The molecule has 1 radical (unpaired) electrons. The molecule has 0 aliphatic heterocycles. The summed E-state index contributed by atoms with van der Waals surface area (Å²) in [4.78, 5) is 10.9. The third-order valence-corrected chi connectivity index (χ3v) is 2.12. The summed E-state index contributed by atoms with van der Waals surface area (Å²) in [6.45, 7) is 0. The average Bonchev–Trinajstić information content (AvgIpc) is 2.17. The minimum atomic E-state index is -1.11. The molecule has 15 heavy (non-hydrogen) atoms. The average molecular weight is 211 g/mol. The van der Waals surface area contributed by atoms with E-state index < -0.39 is 5.97 Å². The smallest absolute Gasteiger partial charge is 0.340 e.